The van der Waals surface area contributed by atoms with Gasteiger partial charge in [-0.05, 0) is 55.8 Å². The number of rotatable bonds is 10. The fourth-order valence-corrected chi connectivity index (χ4v) is 3.69. The standard InChI is InChI=1S/C16H17ClF2N6.C13H13N3O/c1-5-13-9-12(10-24(20-4)22-11(2)16(3,18)19)23-25(13)15-14(17)7-6-8-21-15;1-4-10-7-9(2)12(15-3)11(8-10)13(17)16-6-5-14/h5-9H,1,4,10H2,2-3H3;1,7-8,15H,6H2,2-3H3,(H,16,17)/b22-11+;. The first-order chi connectivity index (χ1) is 19.9. The van der Waals surface area contributed by atoms with Crippen molar-refractivity contribution in [2.45, 2.75) is 33.2 Å². The van der Waals surface area contributed by atoms with Crippen LogP contribution in [0, 0.1) is 30.6 Å². The normalized spacial score (nSPS) is 10.8. The zero-order chi connectivity index (χ0) is 31.4. The summed E-state index contributed by atoms with van der Waals surface area (Å²) >= 11 is 6.15. The number of benzene rings is 1. The molecule has 2 N–H and O–H groups in total. The molecule has 3 aromatic rings. The summed E-state index contributed by atoms with van der Waals surface area (Å²) in [6, 6.07) is 10.4. The Morgan fingerprint density at radius 3 is 2.64 bits per heavy atom. The minimum Gasteiger partial charge on any atom is -0.387 e. The molecule has 42 heavy (non-hydrogen) atoms. The third kappa shape index (κ3) is 8.71. The van der Waals surface area contributed by atoms with Gasteiger partial charge in [-0.1, -0.05) is 24.1 Å². The van der Waals surface area contributed by atoms with E-state index in [9.17, 15) is 13.6 Å². The molecule has 0 bridgehead atoms. The van der Waals surface area contributed by atoms with Crippen molar-refractivity contribution in [1.29, 1.82) is 5.26 Å². The maximum absolute atomic E-state index is 13.3. The van der Waals surface area contributed by atoms with Crippen molar-refractivity contribution in [3.63, 3.8) is 0 Å². The zero-order valence-electron chi connectivity index (χ0n) is 23.6. The number of carbonyl (C=O) groups is 1. The van der Waals surface area contributed by atoms with Crippen molar-refractivity contribution < 1.29 is 13.6 Å². The topological polar surface area (TPSA) is 124 Å². The van der Waals surface area contributed by atoms with Crippen molar-refractivity contribution in [1.82, 2.24) is 25.2 Å². The molecule has 13 heteroatoms. The highest BCUT2D eigenvalue weighted by Gasteiger charge is 2.26. The molecule has 0 saturated heterocycles. The van der Waals surface area contributed by atoms with E-state index >= 15 is 0 Å². The first-order valence-electron chi connectivity index (χ1n) is 12.3. The van der Waals surface area contributed by atoms with Crippen molar-refractivity contribution in [2.24, 2.45) is 10.2 Å². The lowest BCUT2D eigenvalue weighted by molar-refractivity contribution is 0.0952. The molecule has 0 aliphatic heterocycles. The first-order valence-corrected chi connectivity index (χ1v) is 12.7. The molecule has 0 radical (unpaired) electrons. The van der Waals surface area contributed by atoms with Crippen LogP contribution in [0.15, 0.2) is 53.3 Å². The summed E-state index contributed by atoms with van der Waals surface area (Å²) in [4.78, 5) is 16.0. The van der Waals surface area contributed by atoms with Crippen LogP contribution in [-0.2, 0) is 6.54 Å². The molecule has 0 saturated carbocycles. The molecule has 0 aliphatic carbocycles. The highest BCUT2D eigenvalue weighted by molar-refractivity contribution is 6.32. The Bertz CT molecular complexity index is 1560. The average Bonchev–Trinajstić information content (AvgIpc) is 3.37. The van der Waals surface area contributed by atoms with Crippen LogP contribution < -0.4 is 10.6 Å². The lowest BCUT2D eigenvalue weighted by Gasteiger charge is -2.15. The second kappa shape index (κ2) is 15.1. The number of hydrogen-bond donors (Lipinski definition) is 2. The minimum atomic E-state index is -3.05. The van der Waals surface area contributed by atoms with Gasteiger partial charge < -0.3 is 10.6 Å². The van der Waals surface area contributed by atoms with Gasteiger partial charge in [0.1, 0.15) is 18.8 Å². The quantitative estimate of drug-likeness (QED) is 0.143. The van der Waals surface area contributed by atoms with Crippen LogP contribution in [0.4, 0.5) is 14.5 Å². The Hall–Kier alpha value is -5.07. The second-order valence-corrected chi connectivity index (χ2v) is 9.09. The number of nitrogens with zero attached hydrogens (tertiary/aromatic N) is 7. The Morgan fingerprint density at radius 2 is 2.10 bits per heavy atom. The monoisotopic (exact) mass is 593 g/mol. The summed E-state index contributed by atoms with van der Waals surface area (Å²) in [6.07, 6.45) is 8.50. The van der Waals surface area contributed by atoms with E-state index in [1.807, 2.05) is 19.1 Å². The van der Waals surface area contributed by atoms with Gasteiger partial charge in [-0.25, -0.2) is 18.4 Å². The summed E-state index contributed by atoms with van der Waals surface area (Å²) in [5.41, 5.74) is 3.49. The fraction of sp³-hybridized carbons (Fsp3) is 0.241. The Labute approximate surface area is 248 Å². The summed E-state index contributed by atoms with van der Waals surface area (Å²) < 4.78 is 28.0. The number of anilines is 1. The summed E-state index contributed by atoms with van der Waals surface area (Å²) in [5.74, 6) is -0.424. The van der Waals surface area contributed by atoms with Gasteiger partial charge in [-0.15, -0.1) is 6.42 Å². The SMILES string of the molecule is C#Cc1cc(C)c(NC)c(C(=O)NCC#N)c1.C=Cc1cc(CN(N=C)/N=C(\C)C(C)(F)F)nn1-c1ncccc1Cl. The second-order valence-electron chi connectivity index (χ2n) is 8.68. The number of terminal acetylenes is 1. The van der Waals surface area contributed by atoms with Gasteiger partial charge in [0.2, 0.25) is 0 Å². The van der Waals surface area contributed by atoms with Gasteiger partial charge >= 0.3 is 0 Å². The first kappa shape index (κ1) is 33.1. The van der Waals surface area contributed by atoms with E-state index in [1.54, 1.807) is 43.6 Å². The molecule has 0 atom stereocenters. The molecule has 2 aromatic heterocycles. The number of nitrogens with one attached hydrogen (secondary N) is 2. The molecule has 10 nitrogen and oxygen atoms in total. The van der Waals surface area contributed by atoms with Crippen LogP contribution in [-0.4, -0.2) is 57.7 Å². The van der Waals surface area contributed by atoms with Crippen molar-refractivity contribution in [3.05, 3.63) is 76.2 Å². The lowest BCUT2D eigenvalue weighted by atomic mass is 10.0. The van der Waals surface area contributed by atoms with E-state index < -0.39 is 5.92 Å². The maximum Gasteiger partial charge on any atom is 0.284 e. The number of aromatic nitrogens is 3. The number of nitriles is 1. The molecule has 0 spiro atoms. The van der Waals surface area contributed by atoms with Gasteiger partial charge in [0.25, 0.3) is 11.8 Å². The van der Waals surface area contributed by atoms with E-state index in [0.717, 1.165) is 23.3 Å². The highest BCUT2D eigenvalue weighted by Crippen LogP contribution is 2.23. The Morgan fingerprint density at radius 1 is 1.38 bits per heavy atom. The van der Waals surface area contributed by atoms with Gasteiger partial charge in [-0.3, -0.25) is 4.79 Å². The molecule has 218 valence electrons. The number of hydrogen-bond acceptors (Lipinski definition) is 8. The third-order valence-electron chi connectivity index (χ3n) is 5.63. The smallest absolute Gasteiger partial charge is 0.284 e. The third-order valence-corrected chi connectivity index (χ3v) is 5.92. The molecule has 3 rings (SSSR count). The molecule has 0 unspecified atom stereocenters. The van der Waals surface area contributed by atoms with E-state index in [4.69, 9.17) is 23.3 Å². The highest BCUT2D eigenvalue weighted by atomic mass is 35.5. The Balaban J connectivity index is 0.000000317. The summed E-state index contributed by atoms with van der Waals surface area (Å²) in [5, 5.41) is 27.1. The van der Waals surface area contributed by atoms with Crippen LogP contribution in [0.2, 0.25) is 5.02 Å². The minimum absolute atomic E-state index is 0.0265. The average molecular weight is 594 g/mol. The van der Waals surface area contributed by atoms with E-state index in [2.05, 4.69) is 50.1 Å². The van der Waals surface area contributed by atoms with Gasteiger partial charge in [0, 0.05) is 38.1 Å². The number of alkyl halides is 2. The van der Waals surface area contributed by atoms with Crippen LogP contribution in [0.1, 0.15) is 46.7 Å². The summed E-state index contributed by atoms with van der Waals surface area (Å²) in [7, 11) is 1.74. The molecule has 0 aliphatic rings. The van der Waals surface area contributed by atoms with Gasteiger partial charge in [0.15, 0.2) is 5.82 Å². The predicted octanol–water partition coefficient (Wildman–Crippen LogP) is 5.28. The number of carbonyl (C=O) groups excluding carboxylic acids is 1. The molecule has 0 fully saturated rings. The van der Waals surface area contributed by atoms with Crippen LogP contribution in [0.3, 0.4) is 0 Å². The van der Waals surface area contributed by atoms with Crippen molar-refractivity contribution >= 4 is 41.7 Å². The van der Waals surface area contributed by atoms with E-state index in [0.29, 0.717) is 33.4 Å². The predicted molar refractivity (Wildman–Crippen MR) is 162 cm³/mol. The number of hydrazone groups is 2. The Kier molecular flexibility index (Phi) is 11.9. The number of pyridine rings is 1. The number of aryl methyl sites for hydroxylation is 1. The molecule has 2 heterocycles. The van der Waals surface area contributed by atoms with Gasteiger partial charge in [0.05, 0.1) is 28.0 Å². The van der Waals surface area contributed by atoms with Crippen LogP contribution >= 0.6 is 11.6 Å². The maximum atomic E-state index is 13.3. The largest absolute Gasteiger partial charge is 0.387 e. The molecule has 1 aromatic carbocycles. The fourth-order valence-electron chi connectivity index (χ4n) is 3.49. The number of amides is 1. The van der Waals surface area contributed by atoms with E-state index in [-0.39, 0.29) is 24.7 Å². The zero-order valence-corrected chi connectivity index (χ0v) is 24.4. The molecule has 1 amide bonds. The van der Waals surface area contributed by atoms with Crippen molar-refractivity contribution in [2.75, 3.05) is 18.9 Å². The van der Waals surface area contributed by atoms with Crippen LogP contribution in [0.25, 0.3) is 11.9 Å². The summed E-state index contributed by atoms with van der Waals surface area (Å²) in [6.45, 7) is 11.0. The lowest BCUT2D eigenvalue weighted by Crippen LogP contribution is -2.25. The molecular formula is C29H30ClF2N9O. The van der Waals surface area contributed by atoms with Crippen LogP contribution in [0.5, 0.6) is 0 Å². The van der Waals surface area contributed by atoms with Crippen molar-refractivity contribution in [3.8, 4) is 24.2 Å². The molecular weight excluding hydrogens is 564 g/mol. The van der Waals surface area contributed by atoms with E-state index in [1.165, 1.54) is 11.6 Å². The number of halogens is 3. The van der Waals surface area contributed by atoms with Gasteiger partial charge in [-0.2, -0.15) is 25.7 Å².